The van der Waals surface area contributed by atoms with E-state index in [0.29, 0.717) is 22.7 Å². The number of methoxy groups -OCH3 is 1. The largest absolute Gasteiger partial charge is 0.497 e. The first kappa shape index (κ1) is 23.4. The van der Waals surface area contributed by atoms with E-state index < -0.39 is 12.0 Å². The lowest BCUT2D eigenvalue weighted by Gasteiger charge is -2.46. The summed E-state index contributed by atoms with van der Waals surface area (Å²) in [7, 11) is 1.63. The van der Waals surface area contributed by atoms with Crippen molar-refractivity contribution in [2.75, 3.05) is 19.2 Å². The van der Waals surface area contributed by atoms with Gasteiger partial charge in [0.05, 0.1) is 19.1 Å². The van der Waals surface area contributed by atoms with Crippen LogP contribution >= 0.6 is 0 Å². The van der Waals surface area contributed by atoms with E-state index in [-0.39, 0.29) is 24.6 Å². The lowest BCUT2D eigenvalue weighted by atomic mass is 9.77. The molecule has 7 nitrogen and oxygen atoms in total. The number of hydrogen-bond acceptors (Lipinski definition) is 5. The number of anilines is 1. The van der Waals surface area contributed by atoms with Gasteiger partial charge in [0, 0.05) is 23.4 Å². The zero-order valence-corrected chi connectivity index (χ0v) is 20.8. The Morgan fingerprint density at radius 1 is 0.946 bits per heavy atom. The molecule has 3 aromatic rings. The molecule has 2 amide bonds. The summed E-state index contributed by atoms with van der Waals surface area (Å²) < 4.78 is 16.3. The van der Waals surface area contributed by atoms with Gasteiger partial charge in [0.2, 0.25) is 12.7 Å². The molecule has 0 saturated heterocycles. The molecule has 0 aromatic heterocycles. The number of nitrogens with zero attached hydrogens (tertiary/aromatic N) is 1. The zero-order valence-electron chi connectivity index (χ0n) is 20.8. The van der Waals surface area contributed by atoms with Crippen molar-refractivity contribution < 1.29 is 23.8 Å². The number of rotatable bonds is 5. The van der Waals surface area contributed by atoms with E-state index in [2.05, 4.69) is 5.32 Å². The van der Waals surface area contributed by atoms with Crippen LogP contribution < -0.4 is 19.5 Å². The smallest absolute Gasteiger partial charge is 0.254 e. The lowest BCUT2D eigenvalue weighted by Crippen LogP contribution is -2.51. The van der Waals surface area contributed by atoms with Gasteiger partial charge in [0.1, 0.15) is 5.75 Å². The van der Waals surface area contributed by atoms with Crippen molar-refractivity contribution in [1.82, 2.24) is 4.90 Å². The minimum absolute atomic E-state index is 0.00422. The van der Waals surface area contributed by atoms with Gasteiger partial charge in [-0.15, -0.1) is 0 Å². The van der Waals surface area contributed by atoms with E-state index in [1.54, 1.807) is 19.2 Å². The Kier molecular flexibility index (Phi) is 6.20. The van der Waals surface area contributed by atoms with Crippen LogP contribution in [0.3, 0.4) is 0 Å². The average molecular weight is 499 g/mol. The molecular formula is C30H30N2O5. The number of fused-ring (bicyclic) bond motifs is 2. The SMILES string of the molecule is COc1ccc([C@@H]2[C@@H](C(=O)Nc3ccc4c(c3)OCO4)c3ccccc3C(=O)N2C2CCCCC2)cc1. The fourth-order valence-corrected chi connectivity index (χ4v) is 5.94. The quantitative estimate of drug-likeness (QED) is 0.490. The summed E-state index contributed by atoms with van der Waals surface area (Å²) in [5.41, 5.74) is 2.89. The number of carbonyl (C=O) groups excluding carboxylic acids is 2. The van der Waals surface area contributed by atoms with Crippen molar-refractivity contribution >= 4 is 17.5 Å². The van der Waals surface area contributed by atoms with E-state index >= 15 is 0 Å². The third-order valence-corrected chi connectivity index (χ3v) is 7.72. The number of hydrogen-bond donors (Lipinski definition) is 1. The predicted molar refractivity (Wildman–Crippen MR) is 139 cm³/mol. The van der Waals surface area contributed by atoms with Gasteiger partial charge in [0.25, 0.3) is 5.91 Å². The van der Waals surface area contributed by atoms with Gasteiger partial charge >= 0.3 is 0 Å². The maximum absolute atomic E-state index is 14.1. The summed E-state index contributed by atoms with van der Waals surface area (Å²) in [6.45, 7) is 0.167. The van der Waals surface area contributed by atoms with Crippen LogP contribution in [-0.2, 0) is 4.79 Å². The topological polar surface area (TPSA) is 77.1 Å². The Morgan fingerprint density at radius 3 is 2.49 bits per heavy atom. The van der Waals surface area contributed by atoms with E-state index in [4.69, 9.17) is 14.2 Å². The van der Waals surface area contributed by atoms with Crippen LogP contribution in [0, 0.1) is 0 Å². The van der Waals surface area contributed by atoms with E-state index in [9.17, 15) is 9.59 Å². The molecule has 1 saturated carbocycles. The van der Waals surface area contributed by atoms with Gasteiger partial charge in [0.15, 0.2) is 11.5 Å². The first-order chi connectivity index (χ1) is 18.1. The molecule has 190 valence electrons. The van der Waals surface area contributed by atoms with Crippen LogP contribution in [0.25, 0.3) is 0 Å². The second kappa shape index (κ2) is 9.81. The molecule has 1 N–H and O–H groups in total. The Labute approximate surface area is 216 Å². The molecule has 1 fully saturated rings. The summed E-state index contributed by atoms with van der Waals surface area (Å²) in [6.07, 6.45) is 5.23. The van der Waals surface area contributed by atoms with Crippen molar-refractivity contribution in [1.29, 1.82) is 0 Å². The predicted octanol–water partition coefficient (Wildman–Crippen LogP) is 5.68. The Morgan fingerprint density at radius 2 is 1.70 bits per heavy atom. The van der Waals surface area contributed by atoms with Gasteiger partial charge in [-0.3, -0.25) is 9.59 Å². The Hall–Kier alpha value is -4.00. The number of ether oxygens (including phenoxy) is 3. The third kappa shape index (κ3) is 4.28. The summed E-state index contributed by atoms with van der Waals surface area (Å²) in [5, 5.41) is 3.11. The van der Waals surface area contributed by atoms with Crippen molar-refractivity contribution in [3.8, 4) is 17.2 Å². The molecule has 6 rings (SSSR count). The molecule has 37 heavy (non-hydrogen) atoms. The van der Waals surface area contributed by atoms with Crippen LogP contribution in [0.5, 0.6) is 17.2 Å². The maximum atomic E-state index is 14.1. The zero-order chi connectivity index (χ0) is 25.4. The second-order valence-electron chi connectivity index (χ2n) is 9.84. The average Bonchev–Trinajstić information content (AvgIpc) is 3.41. The molecule has 3 aliphatic rings. The monoisotopic (exact) mass is 498 g/mol. The highest BCUT2D eigenvalue weighted by Crippen LogP contribution is 2.46. The van der Waals surface area contributed by atoms with Crippen LogP contribution in [0.15, 0.2) is 66.7 Å². The molecule has 0 bridgehead atoms. The van der Waals surface area contributed by atoms with E-state index in [1.165, 1.54) is 6.42 Å². The first-order valence-electron chi connectivity index (χ1n) is 12.9. The van der Waals surface area contributed by atoms with Gasteiger partial charge in [-0.25, -0.2) is 0 Å². The lowest BCUT2D eigenvalue weighted by molar-refractivity contribution is -0.119. The van der Waals surface area contributed by atoms with E-state index in [1.807, 2.05) is 59.5 Å². The maximum Gasteiger partial charge on any atom is 0.254 e. The van der Waals surface area contributed by atoms with Crippen molar-refractivity contribution in [2.45, 2.75) is 50.1 Å². The Bertz CT molecular complexity index is 1320. The first-order valence-corrected chi connectivity index (χ1v) is 12.9. The number of benzene rings is 3. The van der Waals surface area contributed by atoms with Gasteiger partial charge < -0.3 is 24.4 Å². The number of nitrogens with one attached hydrogen (secondary N) is 1. The molecule has 2 aliphatic heterocycles. The number of amides is 2. The normalized spacial score (nSPS) is 20.9. The minimum atomic E-state index is -0.588. The molecule has 0 spiro atoms. The highest BCUT2D eigenvalue weighted by molar-refractivity contribution is 6.04. The molecule has 2 heterocycles. The fourth-order valence-electron chi connectivity index (χ4n) is 5.94. The molecule has 0 radical (unpaired) electrons. The standard InChI is InChI=1S/C30H30N2O5/c1-35-22-14-11-19(12-15-22)28-27(29(33)31-20-13-16-25-26(17-20)37-18-36-25)23-9-5-6-10-24(23)30(34)32(28)21-7-3-2-4-8-21/h5-6,9-17,21,27-28H,2-4,7-8,18H2,1H3,(H,31,33)/t27-,28+/m0/s1. The van der Waals surface area contributed by atoms with E-state index in [0.717, 1.165) is 42.6 Å². The molecule has 3 aromatic carbocycles. The second-order valence-corrected chi connectivity index (χ2v) is 9.84. The molecule has 0 unspecified atom stereocenters. The third-order valence-electron chi connectivity index (χ3n) is 7.72. The van der Waals surface area contributed by atoms with Crippen molar-refractivity contribution in [3.05, 3.63) is 83.4 Å². The van der Waals surface area contributed by atoms with Crippen LogP contribution in [0.2, 0.25) is 0 Å². The van der Waals surface area contributed by atoms with Crippen LogP contribution in [0.1, 0.15) is 65.5 Å². The van der Waals surface area contributed by atoms with Gasteiger partial charge in [-0.1, -0.05) is 49.6 Å². The highest BCUT2D eigenvalue weighted by atomic mass is 16.7. The van der Waals surface area contributed by atoms with Crippen LogP contribution in [-0.4, -0.2) is 36.7 Å². The summed E-state index contributed by atoms with van der Waals surface area (Å²) >= 11 is 0. The highest BCUT2D eigenvalue weighted by Gasteiger charge is 2.46. The minimum Gasteiger partial charge on any atom is -0.497 e. The summed E-state index contributed by atoms with van der Waals surface area (Å²) in [5.74, 6) is 1.24. The van der Waals surface area contributed by atoms with Gasteiger partial charge in [-0.2, -0.15) is 0 Å². The summed E-state index contributed by atoms with van der Waals surface area (Å²) in [6, 6.07) is 20.3. The molecule has 1 aliphatic carbocycles. The summed E-state index contributed by atoms with van der Waals surface area (Å²) in [4.78, 5) is 30.1. The Balaban J connectivity index is 1.45. The molecule has 2 atom stereocenters. The van der Waals surface area contributed by atoms with Crippen molar-refractivity contribution in [3.63, 3.8) is 0 Å². The van der Waals surface area contributed by atoms with Crippen molar-refractivity contribution in [2.24, 2.45) is 0 Å². The van der Waals surface area contributed by atoms with Crippen LogP contribution in [0.4, 0.5) is 5.69 Å². The van der Waals surface area contributed by atoms with Gasteiger partial charge in [-0.05, 0) is 54.3 Å². The fraction of sp³-hybridized carbons (Fsp3) is 0.333. The number of carbonyl (C=O) groups is 2. The molecular weight excluding hydrogens is 468 g/mol. The molecule has 7 heteroatoms.